The monoisotopic (exact) mass is 262 g/mol. The highest BCUT2D eigenvalue weighted by Gasteiger charge is 2.10. The van der Waals surface area contributed by atoms with Crippen molar-refractivity contribution in [2.45, 2.75) is 18.7 Å². The number of thiophene rings is 1. The zero-order valence-corrected chi connectivity index (χ0v) is 11.5. The van der Waals surface area contributed by atoms with Crippen molar-refractivity contribution >= 4 is 28.9 Å². The van der Waals surface area contributed by atoms with Crippen LogP contribution in [0.2, 0.25) is 0 Å². The summed E-state index contributed by atoms with van der Waals surface area (Å²) in [5.74, 6) is 0.736. The van der Waals surface area contributed by atoms with Crippen LogP contribution in [0.1, 0.15) is 20.8 Å². The van der Waals surface area contributed by atoms with E-state index in [0.717, 1.165) is 10.4 Å². The van der Waals surface area contributed by atoms with Gasteiger partial charge >= 0.3 is 0 Å². The van der Waals surface area contributed by atoms with E-state index < -0.39 is 0 Å². The number of hydrogen-bond acceptors (Lipinski definition) is 3. The predicted octanol–water partition coefficient (Wildman–Crippen LogP) is 4.34. The number of aryl methyl sites for hydroxylation is 2. The van der Waals surface area contributed by atoms with Crippen LogP contribution in [0.25, 0.3) is 0 Å². The molecule has 0 amide bonds. The summed E-state index contributed by atoms with van der Waals surface area (Å²) in [7, 11) is 0. The van der Waals surface area contributed by atoms with Crippen molar-refractivity contribution in [3.05, 3.63) is 51.7 Å². The summed E-state index contributed by atoms with van der Waals surface area (Å²) >= 11 is 3.24. The third-order valence-electron chi connectivity index (χ3n) is 2.61. The third kappa shape index (κ3) is 2.99. The van der Waals surface area contributed by atoms with E-state index in [2.05, 4.69) is 19.1 Å². The first kappa shape index (κ1) is 12.4. The van der Waals surface area contributed by atoms with Crippen LogP contribution in [0.4, 0.5) is 0 Å². The lowest BCUT2D eigenvalue weighted by Crippen LogP contribution is -2.02. The summed E-state index contributed by atoms with van der Waals surface area (Å²) in [6.07, 6.45) is 0. The van der Waals surface area contributed by atoms with Crippen LogP contribution in [0.15, 0.2) is 40.6 Å². The highest BCUT2D eigenvalue weighted by Crippen LogP contribution is 2.24. The Labute approximate surface area is 110 Å². The summed E-state index contributed by atoms with van der Waals surface area (Å²) in [6, 6.07) is 10.1. The van der Waals surface area contributed by atoms with Gasteiger partial charge in [-0.15, -0.1) is 23.1 Å². The molecule has 2 aromatic rings. The highest BCUT2D eigenvalue weighted by atomic mass is 32.2. The molecule has 0 saturated carbocycles. The van der Waals surface area contributed by atoms with E-state index in [4.69, 9.17) is 0 Å². The molecule has 88 valence electrons. The number of carbonyl (C=O) groups is 1. The molecule has 1 aromatic heterocycles. The van der Waals surface area contributed by atoms with Gasteiger partial charge in [0, 0.05) is 15.3 Å². The lowest BCUT2D eigenvalue weighted by atomic mass is 10.2. The predicted molar refractivity (Wildman–Crippen MR) is 75.3 cm³/mol. The van der Waals surface area contributed by atoms with Crippen molar-refractivity contribution in [3.63, 3.8) is 0 Å². The van der Waals surface area contributed by atoms with Crippen LogP contribution in [-0.4, -0.2) is 11.5 Å². The van der Waals surface area contributed by atoms with E-state index in [9.17, 15) is 4.79 Å². The van der Waals surface area contributed by atoms with Crippen LogP contribution in [0.5, 0.6) is 0 Å². The van der Waals surface area contributed by atoms with Gasteiger partial charge in [0.15, 0.2) is 5.78 Å². The summed E-state index contributed by atoms with van der Waals surface area (Å²) in [4.78, 5) is 14.3. The summed E-state index contributed by atoms with van der Waals surface area (Å²) in [5, 5.41) is 1.97. The van der Waals surface area contributed by atoms with E-state index in [1.807, 2.05) is 30.5 Å². The smallest absolute Gasteiger partial charge is 0.174 e. The number of carbonyl (C=O) groups excluding carboxylic acids is 1. The maximum absolute atomic E-state index is 12.0. The molecular formula is C14H14OS2. The van der Waals surface area contributed by atoms with Crippen LogP contribution in [0.3, 0.4) is 0 Å². The van der Waals surface area contributed by atoms with Crippen molar-refractivity contribution in [2.75, 3.05) is 5.75 Å². The maximum Gasteiger partial charge on any atom is 0.174 e. The molecule has 0 radical (unpaired) electrons. The Hall–Kier alpha value is -1.06. The lowest BCUT2D eigenvalue weighted by molar-refractivity contribution is 0.102. The Morgan fingerprint density at radius 1 is 1.24 bits per heavy atom. The second kappa shape index (κ2) is 5.52. The van der Waals surface area contributed by atoms with Crippen molar-refractivity contribution < 1.29 is 4.79 Å². The van der Waals surface area contributed by atoms with Gasteiger partial charge in [-0.2, -0.15) is 0 Å². The molecule has 0 atom stereocenters. The molecule has 2 rings (SSSR count). The van der Waals surface area contributed by atoms with Crippen molar-refractivity contribution in [3.8, 4) is 0 Å². The normalized spacial score (nSPS) is 10.5. The van der Waals surface area contributed by atoms with E-state index in [1.54, 1.807) is 23.1 Å². The second-order valence-corrected chi connectivity index (χ2v) is 6.01. The molecule has 0 saturated heterocycles. The first-order valence-electron chi connectivity index (χ1n) is 5.44. The number of hydrogen-bond donors (Lipinski definition) is 0. The average molecular weight is 262 g/mol. The number of rotatable bonds is 4. The molecule has 0 N–H and O–H groups in total. The van der Waals surface area contributed by atoms with Gasteiger partial charge in [0.25, 0.3) is 0 Å². The fraction of sp³-hybridized carbons (Fsp3) is 0.214. The molecule has 1 heterocycles. The van der Waals surface area contributed by atoms with Crippen molar-refractivity contribution in [2.24, 2.45) is 0 Å². The molecule has 1 nitrogen and oxygen atoms in total. The van der Waals surface area contributed by atoms with Crippen LogP contribution in [0, 0.1) is 13.8 Å². The zero-order chi connectivity index (χ0) is 12.3. The molecule has 0 unspecified atom stereocenters. The first-order chi connectivity index (χ1) is 8.18. The first-order valence-corrected chi connectivity index (χ1v) is 7.30. The fourth-order valence-electron chi connectivity index (χ4n) is 1.61. The van der Waals surface area contributed by atoms with Crippen molar-refractivity contribution in [1.29, 1.82) is 0 Å². The largest absolute Gasteiger partial charge is 0.293 e. The minimum atomic E-state index is 0.219. The van der Waals surface area contributed by atoms with Gasteiger partial charge < -0.3 is 0 Å². The molecule has 0 spiro atoms. The van der Waals surface area contributed by atoms with E-state index >= 15 is 0 Å². The number of Topliss-reactive ketones (excluding diaryl/α,β-unsaturated/α-hetero) is 1. The summed E-state index contributed by atoms with van der Waals surface area (Å²) in [6.45, 7) is 4.07. The van der Waals surface area contributed by atoms with Crippen LogP contribution >= 0.6 is 23.1 Å². The van der Waals surface area contributed by atoms with Gasteiger partial charge in [0.2, 0.25) is 0 Å². The standard InChI is InChI=1S/C14H14OS2/c1-10-5-3-4-6-14(10)17-9-13(15)12-7-8-16-11(12)2/h3-8H,9H2,1-2H3. The van der Waals surface area contributed by atoms with Crippen LogP contribution < -0.4 is 0 Å². The Morgan fingerprint density at radius 2 is 2.00 bits per heavy atom. The molecule has 0 fully saturated rings. The summed E-state index contributed by atoms with van der Waals surface area (Å²) < 4.78 is 0. The Balaban J connectivity index is 2.02. The molecule has 17 heavy (non-hydrogen) atoms. The highest BCUT2D eigenvalue weighted by molar-refractivity contribution is 8.00. The minimum absolute atomic E-state index is 0.219. The molecule has 0 aliphatic carbocycles. The molecule has 0 bridgehead atoms. The molecule has 3 heteroatoms. The third-order valence-corrected chi connectivity index (χ3v) is 4.63. The Bertz CT molecular complexity index is 529. The molecule has 1 aromatic carbocycles. The molecular weight excluding hydrogens is 248 g/mol. The SMILES string of the molecule is Cc1ccccc1SCC(=O)c1ccsc1C. The fourth-order valence-corrected chi connectivity index (χ4v) is 3.24. The van der Waals surface area contributed by atoms with Gasteiger partial charge in [-0.05, 0) is 36.9 Å². The van der Waals surface area contributed by atoms with Gasteiger partial charge in [0.05, 0.1) is 5.75 Å². The number of ketones is 1. The Morgan fingerprint density at radius 3 is 2.65 bits per heavy atom. The van der Waals surface area contributed by atoms with Gasteiger partial charge in [-0.3, -0.25) is 4.79 Å². The van der Waals surface area contributed by atoms with E-state index in [1.165, 1.54) is 10.5 Å². The minimum Gasteiger partial charge on any atom is -0.293 e. The number of benzene rings is 1. The Kier molecular flexibility index (Phi) is 4.02. The lowest BCUT2D eigenvalue weighted by Gasteiger charge is -2.04. The van der Waals surface area contributed by atoms with E-state index in [-0.39, 0.29) is 5.78 Å². The van der Waals surface area contributed by atoms with Crippen molar-refractivity contribution in [1.82, 2.24) is 0 Å². The van der Waals surface area contributed by atoms with Crippen LogP contribution in [-0.2, 0) is 0 Å². The van der Waals surface area contributed by atoms with Gasteiger partial charge in [0.1, 0.15) is 0 Å². The topological polar surface area (TPSA) is 17.1 Å². The quantitative estimate of drug-likeness (QED) is 0.602. The maximum atomic E-state index is 12.0. The molecule has 0 aliphatic heterocycles. The zero-order valence-electron chi connectivity index (χ0n) is 9.90. The average Bonchev–Trinajstić information content (AvgIpc) is 2.74. The van der Waals surface area contributed by atoms with Gasteiger partial charge in [-0.25, -0.2) is 0 Å². The molecule has 0 aliphatic rings. The second-order valence-electron chi connectivity index (χ2n) is 3.87. The van der Waals surface area contributed by atoms with E-state index in [0.29, 0.717) is 5.75 Å². The van der Waals surface area contributed by atoms with Gasteiger partial charge in [-0.1, -0.05) is 18.2 Å². The summed E-state index contributed by atoms with van der Waals surface area (Å²) in [5.41, 5.74) is 2.10. The number of thioether (sulfide) groups is 1.